The van der Waals surface area contributed by atoms with Crippen LogP contribution in [0.3, 0.4) is 0 Å². The number of benzene rings is 2. The average Bonchev–Trinajstić information content (AvgIpc) is 2.74. The summed E-state index contributed by atoms with van der Waals surface area (Å²) in [7, 11) is 0. The van der Waals surface area contributed by atoms with Crippen molar-refractivity contribution in [3.63, 3.8) is 0 Å². The maximum atomic E-state index is 12.9. The summed E-state index contributed by atoms with van der Waals surface area (Å²) < 4.78 is 14.0. The van der Waals surface area contributed by atoms with Gasteiger partial charge in [-0.15, -0.1) is 11.8 Å². The van der Waals surface area contributed by atoms with Gasteiger partial charge >= 0.3 is 0 Å². The highest BCUT2D eigenvalue weighted by molar-refractivity contribution is 9.10. The van der Waals surface area contributed by atoms with Gasteiger partial charge in [0.1, 0.15) is 5.82 Å². The fourth-order valence-corrected chi connectivity index (χ4v) is 3.71. The third-order valence-electron chi connectivity index (χ3n) is 3.04. The SMILES string of the molecule is Fc1ccc(SC2[CH]Cc3cc(Br)ccc32)cc1. The number of thioether (sulfide) groups is 1. The zero-order valence-electron chi connectivity index (χ0n) is 9.57. The van der Waals surface area contributed by atoms with Crippen molar-refractivity contribution in [3.8, 4) is 0 Å². The first kappa shape index (κ1) is 12.2. The van der Waals surface area contributed by atoms with Crippen LogP contribution in [-0.4, -0.2) is 0 Å². The van der Waals surface area contributed by atoms with E-state index in [-0.39, 0.29) is 5.82 Å². The maximum Gasteiger partial charge on any atom is 0.123 e. The van der Waals surface area contributed by atoms with Crippen LogP contribution in [0.2, 0.25) is 0 Å². The molecule has 0 saturated heterocycles. The number of hydrogen-bond acceptors (Lipinski definition) is 1. The van der Waals surface area contributed by atoms with Crippen LogP contribution in [0.1, 0.15) is 16.4 Å². The van der Waals surface area contributed by atoms with E-state index < -0.39 is 0 Å². The first-order valence-corrected chi connectivity index (χ1v) is 7.43. The lowest BCUT2D eigenvalue weighted by atomic mass is 10.1. The van der Waals surface area contributed by atoms with E-state index in [0.717, 1.165) is 15.8 Å². The molecule has 0 nitrogen and oxygen atoms in total. The zero-order valence-corrected chi connectivity index (χ0v) is 12.0. The standard InChI is InChI=1S/C15H11BrFS/c16-11-2-7-14-10(9-11)1-8-15(14)18-13-5-3-12(17)4-6-13/h2-9,15H,1H2. The van der Waals surface area contributed by atoms with E-state index in [0.29, 0.717) is 5.25 Å². The third kappa shape index (κ3) is 2.47. The van der Waals surface area contributed by atoms with Crippen molar-refractivity contribution in [2.24, 2.45) is 0 Å². The Kier molecular flexibility index (Phi) is 3.44. The monoisotopic (exact) mass is 321 g/mol. The van der Waals surface area contributed by atoms with Crippen molar-refractivity contribution < 1.29 is 4.39 Å². The van der Waals surface area contributed by atoms with Gasteiger partial charge in [0.15, 0.2) is 0 Å². The smallest absolute Gasteiger partial charge is 0.123 e. The quantitative estimate of drug-likeness (QED) is 0.734. The molecule has 91 valence electrons. The van der Waals surface area contributed by atoms with Gasteiger partial charge in [0.25, 0.3) is 0 Å². The van der Waals surface area contributed by atoms with Crippen LogP contribution in [0.25, 0.3) is 0 Å². The molecule has 1 aliphatic carbocycles. The Morgan fingerprint density at radius 1 is 1.11 bits per heavy atom. The Bertz CT molecular complexity index is 565. The van der Waals surface area contributed by atoms with Crippen LogP contribution >= 0.6 is 27.7 Å². The lowest BCUT2D eigenvalue weighted by Gasteiger charge is -2.11. The predicted octanol–water partition coefficient (Wildman–Crippen LogP) is 5.18. The van der Waals surface area contributed by atoms with E-state index in [2.05, 4.69) is 40.5 Å². The predicted molar refractivity (Wildman–Crippen MR) is 77.1 cm³/mol. The van der Waals surface area contributed by atoms with E-state index in [4.69, 9.17) is 0 Å². The Morgan fingerprint density at radius 3 is 2.67 bits per heavy atom. The highest BCUT2D eigenvalue weighted by Gasteiger charge is 2.23. The Hall–Kier alpha value is -0.800. The number of hydrogen-bond donors (Lipinski definition) is 0. The largest absolute Gasteiger partial charge is 0.207 e. The van der Waals surface area contributed by atoms with E-state index in [9.17, 15) is 4.39 Å². The van der Waals surface area contributed by atoms with Gasteiger partial charge in [0, 0.05) is 14.6 Å². The number of rotatable bonds is 2. The lowest BCUT2D eigenvalue weighted by molar-refractivity contribution is 0.626. The summed E-state index contributed by atoms with van der Waals surface area (Å²) >= 11 is 5.27. The Morgan fingerprint density at radius 2 is 1.89 bits per heavy atom. The highest BCUT2D eigenvalue weighted by atomic mass is 79.9. The average molecular weight is 322 g/mol. The van der Waals surface area contributed by atoms with Crippen LogP contribution < -0.4 is 0 Å². The lowest BCUT2D eigenvalue weighted by Crippen LogP contribution is -1.88. The second-order valence-corrected chi connectivity index (χ2v) is 6.41. The topological polar surface area (TPSA) is 0 Å². The van der Waals surface area contributed by atoms with Crippen molar-refractivity contribution >= 4 is 27.7 Å². The molecule has 0 saturated carbocycles. The van der Waals surface area contributed by atoms with Gasteiger partial charge in [-0.25, -0.2) is 4.39 Å². The van der Waals surface area contributed by atoms with Crippen molar-refractivity contribution in [2.45, 2.75) is 16.6 Å². The molecule has 18 heavy (non-hydrogen) atoms. The molecule has 0 aromatic heterocycles. The first-order valence-electron chi connectivity index (χ1n) is 5.76. The van der Waals surface area contributed by atoms with Gasteiger partial charge in [-0.3, -0.25) is 0 Å². The molecular formula is C15H11BrFS. The minimum atomic E-state index is -0.181. The van der Waals surface area contributed by atoms with Crippen LogP contribution in [0.5, 0.6) is 0 Å². The molecule has 0 heterocycles. The van der Waals surface area contributed by atoms with Gasteiger partial charge in [-0.2, -0.15) is 0 Å². The molecule has 1 aliphatic rings. The molecule has 0 aliphatic heterocycles. The highest BCUT2D eigenvalue weighted by Crippen LogP contribution is 2.44. The molecule has 0 N–H and O–H groups in total. The van der Waals surface area contributed by atoms with Crippen molar-refractivity contribution in [1.82, 2.24) is 0 Å². The molecule has 2 aromatic rings. The van der Waals surface area contributed by atoms with E-state index >= 15 is 0 Å². The second-order valence-electron chi connectivity index (χ2n) is 4.28. The molecule has 0 amide bonds. The van der Waals surface area contributed by atoms with E-state index in [1.807, 2.05) is 12.1 Å². The molecular weight excluding hydrogens is 311 g/mol. The molecule has 1 atom stereocenters. The molecule has 2 aromatic carbocycles. The van der Waals surface area contributed by atoms with Crippen LogP contribution in [-0.2, 0) is 6.42 Å². The van der Waals surface area contributed by atoms with Crippen molar-refractivity contribution in [3.05, 3.63) is 70.3 Å². The second kappa shape index (κ2) is 5.06. The summed E-state index contributed by atoms with van der Waals surface area (Å²) in [5, 5.41) is 0.374. The molecule has 0 fully saturated rings. The van der Waals surface area contributed by atoms with Gasteiger partial charge in [0.05, 0.1) is 0 Å². The molecule has 3 rings (SSSR count). The van der Waals surface area contributed by atoms with Crippen molar-refractivity contribution in [2.75, 3.05) is 0 Å². The Labute approximate surface area is 119 Å². The molecule has 0 bridgehead atoms. The van der Waals surface area contributed by atoms with Crippen LogP contribution in [0.4, 0.5) is 4.39 Å². The molecule has 1 radical (unpaired) electrons. The summed E-state index contributed by atoms with van der Waals surface area (Å²) in [4.78, 5) is 1.11. The minimum Gasteiger partial charge on any atom is -0.207 e. The zero-order chi connectivity index (χ0) is 12.5. The van der Waals surface area contributed by atoms with Crippen molar-refractivity contribution in [1.29, 1.82) is 0 Å². The third-order valence-corrected chi connectivity index (χ3v) is 4.78. The van der Waals surface area contributed by atoms with Gasteiger partial charge in [-0.1, -0.05) is 22.0 Å². The first-order chi connectivity index (χ1) is 8.72. The molecule has 3 heteroatoms. The summed E-state index contributed by atoms with van der Waals surface area (Å²) in [5.74, 6) is -0.181. The summed E-state index contributed by atoms with van der Waals surface area (Å²) in [5.41, 5.74) is 2.75. The van der Waals surface area contributed by atoms with Gasteiger partial charge in [-0.05, 0) is 60.4 Å². The number of fused-ring (bicyclic) bond motifs is 1. The van der Waals surface area contributed by atoms with Crippen LogP contribution in [0, 0.1) is 12.2 Å². The van der Waals surface area contributed by atoms with Gasteiger partial charge in [0.2, 0.25) is 0 Å². The van der Waals surface area contributed by atoms with E-state index in [1.54, 1.807) is 11.8 Å². The Balaban J connectivity index is 1.82. The fourth-order valence-electron chi connectivity index (χ4n) is 2.16. The van der Waals surface area contributed by atoms with Crippen LogP contribution in [0.15, 0.2) is 51.8 Å². The summed E-state index contributed by atoms with van der Waals surface area (Å²) in [6, 6.07) is 13.1. The summed E-state index contributed by atoms with van der Waals surface area (Å²) in [6.07, 6.45) is 3.32. The summed E-state index contributed by atoms with van der Waals surface area (Å²) in [6.45, 7) is 0. The molecule has 1 unspecified atom stereocenters. The normalized spacial score (nSPS) is 17.8. The van der Waals surface area contributed by atoms with Gasteiger partial charge < -0.3 is 0 Å². The van der Waals surface area contributed by atoms with E-state index in [1.165, 1.54) is 23.3 Å². The molecule has 0 spiro atoms. The fraction of sp³-hybridized carbons (Fsp3) is 0.133. The minimum absolute atomic E-state index is 0.181. The maximum absolute atomic E-state index is 12.9. The number of halogens is 2.